The zero-order valence-electron chi connectivity index (χ0n) is 42.0. The van der Waals surface area contributed by atoms with Gasteiger partial charge in [-0.25, -0.2) is 9.97 Å². The lowest BCUT2D eigenvalue weighted by Gasteiger charge is -2.12. The minimum absolute atomic E-state index is 0.00182. The number of aryl methyl sites for hydroxylation is 2. The summed E-state index contributed by atoms with van der Waals surface area (Å²) in [5.74, 6) is -1.91. The molecule has 3 heterocycles. The fraction of sp³-hybridized carbons (Fsp3) is 0.205. The maximum Gasteiger partial charge on any atom is 0.425 e. The van der Waals surface area contributed by atoms with Gasteiger partial charge in [0.15, 0.2) is 11.3 Å². The highest BCUT2D eigenvalue weighted by Crippen LogP contribution is 2.45. The Labute approximate surface area is 484 Å². The van der Waals surface area contributed by atoms with Gasteiger partial charge in [0, 0.05) is 21.9 Å². The second-order valence-corrected chi connectivity index (χ2v) is 27.5. The Morgan fingerprint density at radius 3 is 1.95 bits per heavy atom. The van der Waals surface area contributed by atoms with Gasteiger partial charge in [0.1, 0.15) is 44.9 Å². The number of pyridine rings is 1. The molecule has 0 aliphatic rings. The van der Waals surface area contributed by atoms with Crippen molar-refractivity contribution in [2.24, 2.45) is 30.7 Å². The quantitative estimate of drug-likeness (QED) is 0.0190. The Morgan fingerprint density at radius 1 is 0.699 bits per heavy atom. The highest BCUT2D eigenvalue weighted by Gasteiger charge is 2.26. The number of hydrogen-bond acceptors (Lipinski definition) is 26. The van der Waals surface area contributed by atoms with Crippen molar-refractivity contribution in [1.29, 1.82) is 5.26 Å². The van der Waals surface area contributed by atoms with Crippen molar-refractivity contribution in [3.8, 4) is 17.7 Å². The van der Waals surface area contributed by atoms with E-state index in [-0.39, 0.29) is 123 Å². The van der Waals surface area contributed by atoms with Crippen molar-refractivity contribution in [1.82, 2.24) is 14.4 Å². The fourth-order valence-corrected chi connectivity index (χ4v) is 12.8. The Bertz CT molecular complexity index is 4870. The van der Waals surface area contributed by atoms with Crippen LogP contribution in [0.15, 0.2) is 111 Å². The molecule has 0 fully saturated rings. The average Bonchev–Trinajstić information content (AvgIpc) is 3.34. The molecule has 30 nitrogen and oxygen atoms in total. The Kier molecular flexibility index (Phi) is 18.8. The van der Waals surface area contributed by atoms with Crippen LogP contribution in [0.4, 0.5) is 33.6 Å². The zero-order chi connectivity index (χ0) is 61.3. The number of nitriles is 1. The molecule has 8 rings (SSSR count). The molecule has 0 unspecified atom stereocenters. The smallest absolute Gasteiger partial charge is 0.425 e. The van der Waals surface area contributed by atoms with E-state index in [1.807, 2.05) is 6.07 Å². The van der Waals surface area contributed by atoms with E-state index in [0.717, 1.165) is 51.8 Å². The summed E-state index contributed by atoms with van der Waals surface area (Å²) >= 11 is 8.50. The lowest BCUT2D eigenvalue weighted by molar-refractivity contribution is 0.317. The minimum atomic E-state index is -4.90. The van der Waals surface area contributed by atoms with Gasteiger partial charge in [0.05, 0.1) is 54.3 Å². The first-order valence-electron chi connectivity index (χ1n) is 22.6. The maximum absolute atomic E-state index is 12.4. The van der Waals surface area contributed by atoms with Crippen LogP contribution in [0.2, 0.25) is 5.02 Å². The van der Waals surface area contributed by atoms with Gasteiger partial charge >= 0.3 is 10.6 Å². The Morgan fingerprint density at radius 2 is 1.33 bits per heavy atom. The summed E-state index contributed by atoms with van der Waals surface area (Å²) in [6.45, 7) is 4.24. The van der Waals surface area contributed by atoms with Gasteiger partial charge in [-0.3, -0.25) is 27.2 Å². The number of thiazole rings is 1. The van der Waals surface area contributed by atoms with Gasteiger partial charge in [-0.1, -0.05) is 29.0 Å². The van der Waals surface area contributed by atoms with Crippen molar-refractivity contribution in [2.75, 3.05) is 23.9 Å². The van der Waals surface area contributed by atoms with Crippen molar-refractivity contribution in [2.45, 2.75) is 53.2 Å². The third-order valence-electron chi connectivity index (χ3n) is 11.4. The summed E-state index contributed by atoms with van der Waals surface area (Å²) in [4.78, 5) is 7.30. The monoisotopic (exact) mass is 1320 g/mol. The number of aromatic hydroxyl groups is 1. The molecule has 8 aromatic rings. The van der Waals surface area contributed by atoms with E-state index in [9.17, 15) is 75.2 Å². The molecule has 0 amide bonds. The lowest BCUT2D eigenvalue weighted by atomic mass is 10.1. The first-order chi connectivity index (χ1) is 38.5. The molecule has 5 aromatic carbocycles. The van der Waals surface area contributed by atoms with Gasteiger partial charge < -0.3 is 9.84 Å². The molecule has 0 saturated carbocycles. The molecule has 0 saturated heterocycles. The van der Waals surface area contributed by atoms with Crippen LogP contribution >= 0.6 is 34.7 Å². The van der Waals surface area contributed by atoms with Gasteiger partial charge in [-0.05, 0) is 104 Å². The number of thioether (sulfide) groups is 1. The summed E-state index contributed by atoms with van der Waals surface area (Å²) in [6, 6.07) is 14.1. The van der Waals surface area contributed by atoms with Gasteiger partial charge in [-0.15, -0.1) is 50.0 Å². The SMILES string of the molecule is Cc1cc(N=Nc2c(C)c(C#N)c3nc4c(C)cc(S(=O)(=O)O)cc4n3c2O)c(OCCCS(=O)(=O)O)cc1N=Nc1cc(Cl)c(N=Nc2nc3c(S(=O)(=O)O)cc4ccc(S(=O)(=O)O)cc4c3s2)cc1SCCCS(=O)(=O)O.O=S(=O)=O. The van der Waals surface area contributed by atoms with Crippen molar-refractivity contribution in [3.63, 3.8) is 0 Å². The number of ether oxygens (including phenoxy) is 1. The highest BCUT2D eigenvalue weighted by atomic mass is 35.5. The first-order valence-corrected chi connectivity index (χ1v) is 33.3. The van der Waals surface area contributed by atoms with E-state index in [4.69, 9.17) is 29.0 Å². The summed E-state index contributed by atoms with van der Waals surface area (Å²) in [7, 11) is -26.2. The average molecular weight is 1320 g/mol. The van der Waals surface area contributed by atoms with Crippen LogP contribution in [0.5, 0.6) is 11.6 Å². The fourth-order valence-electron chi connectivity index (χ4n) is 7.71. The standard InChI is InChI=1S/C44H37ClN10O17S7.O3S/c1-21-13-32(51-53-39-23(3)28(20-46)42-47-38-22(2)12-26(78(66,67)68)16-34(38)55(42)43(39)56)35(72-8-4-10-75(57,58)59)18-30(21)49-52-33-17-29(45)31(19-36(33)73-9-5-11-76(60,61)62)50-54-44-48-40-37(79(69,70)71)14-24-6-7-25(77(63,64)65)15-27(24)41(40)74-44;1-4(2)3/h6-7,12-19,56H,4-5,8-11H2,1-3H3,(H,57,58,59)(H,60,61,62)(H,63,64,65)(H,66,67,68)(H,69,70,71);. The van der Waals surface area contributed by atoms with Crippen LogP contribution in [0.25, 0.3) is 37.7 Å². The number of benzene rings is 5. The summed E-state index contributed by atoms with van der Waals surface area (Å²) in [5, 5.41) is 47.6. The number of halogens is 1. The van der Waals surface area contributed by atoms with Crippen LogP contribution in [-0.2, 0) is 61.2 Å². The molecule has 39 heteroatoms. The number of rotatable bonds is 19. The van der Waals surface area contributed by atoms with Crippen LogP contribution in [0.3, 0.4) is 0 Å². The number of hydrogen-bond donors (Lipinski definition) is 6. The summed E-state index contributed by atoms with van der Waals surface area (Å²) < 4.78 is 200. The predicted octanol–water partition coefficient (Wildman–Crippen LogP) is 9.42. The van der Waals surface area contributed by atoms with Gasteiger partial charge in [-0.2, -0.15) is 52.5 Å². The molecule has 0 radical (unpaired) electrons. The molecule has 0 spiro atoms. The Balaban J connectivity index is 0.00000240. The minimum Gasteiger partial charge on any atom is -0.493 e. The molecular weight excluding hydrogens is 1280 g/mol. The Hall–Kier alpha value is -7.10. The van der Waals surface area contributed by atoms with Crippen LogP contribution < -0.4 is 4.74 Å². The normalized spacial score (nSPS) is 12.8. The van der Waals surface area contributed by atoms with Gasteiger partial charge in [0.2, 0.25) is 11.0 Å². The molecule has 0 bridgehead atoms. The molecule has 0 atom stereocenters. The predicted molar refractivity (Wildman–Crippen MR) is 298 cm³/mol. The first kappa shape index (κ1) is 63.5. The van der Waals surface area contributed by atoms with Gasteiger partial charge in [0.25, 0.3) is 50.6 Å². The number of fused-ring (bicyclic) bond motifs is 6. The third-order valence-corrected chi connectivity index (χ3v) is 17.9. The van der Waals surface area contributed by atoms with E-state index in [2.05, 4.69) is 40.7 Å². The largest absolute Gasteiger partial charge is 0.493 e. The zero-order valence-corrected chi connectivity index (χ0v) is 49.3. The molecule has 0 aliphatic heterocycles. The molecule has 83 heavy (non-hydrogen) atoms. The van der Waals surface area contributed by atoms with E-state index < -0.39 is 93.3 Å². The van der Waals surface area contributed by atoms with Crippen molar-refractivity contribution < 1.29 is 87.3 Å². The summed E-state index contributed by atoms with van der Waals surface area (Å²) in [6.07, 6.45) is -0.251. The van der Waals surface area contributed by atoms with Crippen molar-refractivity contribution in [3.05, 3.63) is 87.9 Å². The van der Waals surface area contributed by atoms with E-state index in [1.54, 1.807) is 6.92 Å². The third kappa shape index (κ3) is 15.4. The lowest BCUT2D eigenvalue weighted by Crippen LogP contribution is -2.08. The number of imidazole rings is 1. The van der Waals surface area contributed by atoms with Crippen LogP contribution in [-0.4, -0.2) is 121 Å². The molecule has 438 valence electrons. The number of nitrogens with zero attached hydrogens (tertiary/aromatic N) is 10. The van der Waals surface area contributed by atoms with E-state index >= 15 is 0 Å². The summed E-state index contributed by atoms with van der Waals surface area (Å²) in [5.41, 5.74) is 0.392. The van der Waals surface area contributed by atoms with E-state index in [0.29, 0.717) is 11.1 Å². The highest BCUT2D eigenvalue weighted by molar-refractivity contribution is 7.99. The topological polar surface area (TPSA) is 481 Å². The second-order valence-electron chi connectivity index (χ2n) is 17.2. The molecule has 0 aliphatic carbocycles. The molecule has 6 N–H and O–H groups in total. The maximum atomic E-state index is 12.4. The molecular formula is C44H37ClN10O20S8. The number of aromatic nitrogens is 3. The van der Waals surface area contributed by atoms with E-state index in [1.165, 1.54) is 50.2 Å². The molecule has 3 aromatic heterocycles. The van der Waals surface area contributed by atoms with Crippen LogP contribution in [0.1, 0.15) is 35.1 Å². The van der Waals surface area contributed by atoms with Crippen molar-refractivity contribution >= 4 is 167 Å². The van der Waals surface area contributed by atoms with Crippen LogP contribution in [0, 0.1) is 32.1 Å². The second kappa shape index (κ2) is 24.6. The number of azo groups is 3.